The summed E-state index contributed by atoms with van der Waals surface area (Å²) in [6, 6.07) is 6.07. The Bertz CT molecular complexity index is 352. The second-order valence-electron chi connectivity index (χ2n) is 4.27. The van der Waals surface area contributed by atoms with E-state index in [2.05, 4.69) is 5.32 Å². The van der Waals surface area contributed by atoms with Crippen LogP contribution in [0.3, 0.4) is 0 Å². The number of fused-ring (bicyclic) bond motifs is 1. The second-order valence-corrected chi connectivity index (χ2v) is 4.27. The second kappa shape index (κ2) is 5.32. The minimum atomic E-state index is 0.360. The molecular formula is C13H19NO2. The molecule has 1 aromatic rings. The lowest BCUT2D eigenvalue weighted by Gasteiger charge is -2.26. The summed E-state index contributed by atoms with van der Waals surface area (Å²) >= 11 is 0. The van der Waals surface area contributed by atoms with Gasteiger partial charge < -0.3 is 15.2 Å². The molecule has 1 aliphatic rings. The van der Waals surface area contributed by atoms with E-state index < -0.39 is 0 Å². The molecule has 88 valence electrons. The number of phenolic OH excluding ortho intramolecular Hbond substituents is 1. The standard InChI is InChI=1S/C13H19NO2/c1-16-8-7-14-13-4-2-3-10-5-6-11(15)9-12(10)13/h5-6,9,13-15H,2-4,7-8H2,1H3. The molecule has 0 radical (unpaired) electrons. The van der Waals surface area contributed by atoms with Crippen LogP contribution in [0.25, 0.3) is 0 Å². The predicted molar refractivity (Wildman–Crippen MR) is 63.7 cm³/mol. The zero-order valence-electron chi connectivity index (χ0n) is 9.70. The topological polar surface area (TPSA) is 41.5 Å². The Morgan fingerprint density at radius 1 is 1.50 bits per heavy atom. The van der Waals surface area contributed by atoms with Gasteiger partial charge in [-0.05, 0) is 42.5 Å². The van der Waals surface area contributed by atoms with Crippen LogP contribution in [0.4, 0.5) is 0 Å². The van der Waals surface area contributed by atoms with Crippen LogP contribution < -0.4 is 5.32 Å². The molecule has 0 saturated carbocycles. The molecule has 0 fully saturated rings. The minimum Gasteiger partial charge on any atom is -0.508 e. The number of methoxy groups -OCH3 is 1. The third kappa shape index (κ3) is 2.54. The molecule has 0 aliphatic heterocycles. The number of aryl methyl sites for hydroxylation is 1. The average Bonchev–Trinajstić information content (AvgIpc) is 2.30. The van der Waals surface area contributed by atoms with Crippen molar-refractivity contribution in [3.05, 3.63) is 29.3 Å². The molecule has 0 bridgehead atoms. The van der Waals surface area contributed by atoms with Gasteiger partial charge in [0.2, 0.25) is 0 Å². The molecule has 3 heteroatoms. The summed E-state index contributed by atoms with van der Waals surface area (Å²) in [5.41, 5.74) is 2.61. The summed E-state index contributed by atoms with van der Waals surface area (Å²) in [4.78, 5) is 0. The fourth-order valence-corrected chi connectivity index (χ4v) is 2.33. The molecule has 0 amide bonds. The Balaban J connectivity index is 2.09. The maximum Gasteiger partial charge on any atom is 0.115 e. The van der Waals surface area contributed by atoms with E-state index in [0.29, 0.717) is 11.8 Å². The highest BCUT2D eigenvalue weighted by atomic mass is 16.5. The molecule has 1 unspecified atom stereocenters. The quantitative estimate of drug-likeness (QED) is 0.764. The van der Waals surface area contributed by atoms with Crippen LogP contribution >= 0.6 is 0 Å². The van der Waals surface area contributed by atoms with E-state index in [1.807, 2.05) is 12.1 Å². The monoisotopic (exact) mass is 221 g/mol. The highest BCUT2D eigenvalue weighted by molar-refractivity contribution is 5.38. The molecule has 2 N–H and O–H groups in total. The third-order valence-corrected chi connectivity index (χ3v) is 3.14. The zero-order valence-corrected chi connectivity index (χ0v) is 9.70. The average molecular weight is 221 g/mol. The minimum absolute atomic E-state index is 0.360. The van der Waals surface area contributed by atoms with E-state index in [4.69, 9.17) is 4.74 Å². The number of aromatic hydroxyl groups is 1. The fraction of sp³-hybridized carbons (Fsp3) is 0.538. The van der Waals surface area contributed by atoms with Gasteiger partial charge in [-0.1, -0.05) is 6.07 Å². The van der Waals surface area contributed by atoms with E-state index in [9.17, 15) is 5.11 Å². The number of nitrogens with one attached hydrogen (secondary N) is 1. The number of ether oxygens (including phenoxy) is 1. The molecule has 3 nitrogen and oxygen atoms in total. The largest absolute Gasteiger partial charge is 0.508 e. The van der Waals surface area contributed by atoms with Crippen molar-refractivity contribution >= 4 is 0 Å². The van der Waals surface area contributed by atoms with Crippen molar-refractivity contribution in [3.8, 4) is 5.75 Å². The SMILES string of the molecule is COCCNC1CCCc2ccc(O)cc21. The van der Waals surface area contributed by atoms with Crippen molar-refractivity contribution < 1.29 is 9.84 Å². The Morgan fingerprint density at radius 3 is 3.19 bits per heavy atom. The maximum absolute atomic E-state index is 9.53. The number of phenols is 1. The maximum atomic E-state index is 9.53. The third-order valence-electron chi connectivity index (χ3n) is 3.14. The number of benzene rings is 1. The number of hydrogen-bond acceptors (Lipinski definition) is 3. The summed E-state index contributed by atoms with van der Waals surface area (Å²) in [7, 11) is 1.71. The molecular weight excluding hydrogens is 202 g/mol. The van der Waals surface area contributed by atoms with Crippen molar-refractivity contribution in [1.29, 1.82) is 0 Å². The van der Waals surface area contributed by atoms with E-state index in [1.165, 1.54) is 17.5 Å². The van der Waals surface area contributed by atoms with Crippen molar-refractivity contribution in [2.75, 3.05) is 20.3 Å². The van der Waals surface area contributed by atoms with Crippen molar-refractivity contribution in [3.63, 3.8) is 0 Å². The predicted octanol–water partition coefficient (Wildman–Crippen LogP) is 2.01. The Morgan fingerprint density at radius 2 is 2.38 bits per heavy atom. The Hall–Kier alpha value is -1.06. The lowest BCUT2D eigenvalue weighted by molar-refractivity contribution is 0.194. The Kier molecular flexibility index (Phi) is 3.80. The first-order chi connectivity index (χ1) is 7.81. The van der Waals surface area contributed by atoms with Crippen LogP contribution in [0.1, 0.15) is 30.0 Å². The highest BCUT2D eigenvalue weighted by Gasteiger charge is 2.19. The molecule has 1 aliphatic carbocycles. The highest BCUT2D eigenvalue weighted by Crippen LogP contribution is 2.31. The van der Waals surface area contributed by atoms with E-state index in [0.717, 1.165) is 26.0 Å². The lowest BCUT2D eigenvalue weighted by Crippen LogP contribution is -2.28. The summed E-state index contributed by atoms with van der Waals surface area (Å²) < 4.78 is 5.03. The van der Waals surface area contributed by atoms with Gasteiger partial charge in [-0.15, -0.1) is 0 Å². The first-order valence-electron chi connectivity index (χ1n) is 5.85. The van der Waals surface area contributed by atoms with E-state index >= 15 is 0 Å². The van der Waals surface area contributed by atoms with Crippen LogP contribution in [0.2, 0.25) is 0 Å². The molecule has 1 atom stereocenters. The van der Waals surface area contributed by atoms with Gasteiger partial charge in [0.1, 0.15) is 5.75 Å². The summed E-state index contributed by atoms with van der Waals surface area (Å²) in [6.07, 6.45) is 3.47. The van der Waals surface area contributed by atoms with Gasteiger partial charge in [-0.2, -0.15) is 0 Å². The van der Waals surface area contributed by atoms with Crippen LogP contribution in [-0.4, -0.2) is 25.4 Å². The van der Waals surface area contributed by atoms with Crippen LogP contribution in [0.15, 0.2) is 18.2 Å². The molecule has 0 heterocycles. The normalized spacial score (nSPS) is 19.4. The van der Waals surface area contributed by atoms with Crippen molar-refractivity contribution in [1.82, 2.24) is 5.32 Å². The van der Waals surface area contributed by atoms with Crippen LogP contribution in [0, 0.1) is 0 Å². The molecule has 2 rings (SSSR count). The smallest absolute Gasteiger partial charge is 0.115 e. The van der Waals surface area contributed by atoms with Gasteiger partial charge in [0.05, 0.1) is 6.61 Å². The van der Waals surface area contributed by atoms with Gasteiger partial charge in [0, 0.05) is 19.7 Å². The molecule has 0 spiro atoms. The molecule has 16 heavy (non-hydrogen) atoms. The Labute approximate surface area is 96.4 Å². The fourth-order valence-electron chi connectivity index (χ4n) is 2.33. The summed E-state index contributed by atoms with van der Waals surface area (Å²) in [5.74, 6) is 0.360. The van der Waals surface area contributed by atoms with Gasteiger partial charge in [-0.25, -0.2) is 0 Å². The zero-order chi connectivity index (χ0) is 11.4. The van der Waals surface area contributed by atoms with Crippen LogP contribution in [-0.2, 0) is 11.2 Å². The first kappa shape index (κ1) is 11.4. The van der Waals surface area contributed by atoms with Crippen LogP contribution in [0.5, 0.6) is 5.75 Å². The number of hydrogen-bond donors (Lipinski definition) is 2. The first-order valence-corrected chi connectivity index (χ1v) is 5.85. The van der Waals surface area contributed by atoms with E-state index in [1.54, 1.807) is 13.2 Å². The van der Waals surface area contributed by atoms with E-state index in [-0.39, 0.29) is 0 Å². The summed E-state index contributed by atoms with van der Waals surface area (Å²) in [5, 5.41) is 13.0. The van der Waals surface area contributed by atoms with Gasteiger partial charge in [0.15, 0.2) is 0 Å². The van der Waals surface area contributed by atoms with Crippen molar-refractivity contribution in [2.24, 2.45) is 0 Å². The molecule has 0 aromatic heterocycles. The summed E-state index contributed by atoms with van der Waals surface area (Å²) in [6.45, 7) is 1.58. The lowest BCUT2D eigenvalue weighted by atomic mass is 9.87. The van der Waals surface area contributed by atoms with Gasteiger partial charge in [0.25, 0.3) is 0 Å². The molecule has 1 aromatic carbocycles. The van der Waals surface area contributed by atoms with Crippen molar-refractivity contribution in [2.45, 2.75) is 25.3 Å². The number of rotatable bonds is 4. The molecule has 0 saturated heterocycles. The van der Waals surface area contributed by atoms with Gasteiger partial charge >= 0.3 is 0 Å². The van der Waals surface area contributed by atoms with Gasteiger partial charge in [-0.3, -0.25) is 0 Å².